The summed E-state index contributed by atoms with van der Waals surface area (Å²) in [6.45, 7) is 0.724. The molecule has 0 bridgehead atoms. The zero-order valence-electron chi connectivity index (χ0n) is 14.5. The summed E-state index contributed by atoms with van der Waals surface area (Å²) in [6, 6.07) is 5.24. The molecular formula is C18H24ClN3O3. The number of carbonyl (C=O) groups is 1. The molecule has 25 heavy (non-hydrogen) atoms. The first-order valence-corrected chi connectivity index (χ1v) is 9.26. The monoisotopic (exact) mass is 365 g/mol. The Morgan fingerprint density at radius 3 is 2.48 bits per heavy atom. The van der Waals surface area contributed by atoms with Gasteiger partial charge in [0.1, 0.15) is 0 Å². The maximum Gasteiger partial charge on any atom is 0.269 e. The second kappa shape index (κ2) is 7.70. The van der Waals surface area contributed by atoms with Crippen LogP contribution >= 0.6 is 11.6 Å². The fourth-order valence-corrected chi connectivity index (χ4v) is 3.87. The van der Waals surface area contributed by atoms with Crippen LogP contribution in [0.2, 0.25) is 5.02 Å². The van der Waals surface area contributed by atoms with Crippen molar-refractivity contribution in [2.24, 2.45) is 0 Å². The van der Waals surface area contributed by atoms with E-state index in [0.29, 0.717) is 35.8 Å². The van der Waals surface area contributed by atoms with E-state index >= 15 is 0 Å². The number of nitro benzene ring substituents is 1. The summed E-state index contributed by atoms with van der Waals surface area (Å²) in [5, 5.41) is 11.4. The number of nitrogens with zero attached hydrogens (tertiary/aromatic N) is 3. The van der Waals surface area contributed by atoms with Crippen LogP contribution in [0.1, 0.15) is 44.1 Å². The number of hydrogen-bond acceptors (Lipinski definition) is 4. The number of non-ortho nitro benzene ring substituents is 1. The van der Waals surface area contributed by atoms with Crippen LogP contribution in [0.5, 0.6) is 0 Å². The standard InChI is InChI=1S/C18H24ClN3O3/c1-20(11-13-10-16(22(24)25)8-9-17(13)19)12-18(23)21(15-6-7-15)14-4-2-3-5-14/h8-10,14-15H,2-7,11-12H2,1H3. The lowest BCUT2D eigenvalue weighted by Gasteiger charge is -2.31. The molecule has 136 valence electrons. The Labute approximate surface area is 152 Å². The molecule has 7 heteroatoms. The van der Waals surface area contributed by atoms with Gasteiger partial charge in [0.25, 0.3) is 5.69 Å². The largest absolute Gasteiger partial charge is 0.336 e. The first kappa shape index (κ1) is 18.1. The third-order valence-electron chi connectivity index (χ3n) is 5.03. The Kier molecular flexibility index (Phi) is 5.59. The second-order valence-corrected chi connectivity index (χ2v) is 7.58. The van der Waals surface area contributed by atoms with E-state index in [1.54, 1.807) is 6.07 Å². The number of benzene rings is 1. The van der Waals surface area contributed by atoms with Gasteiger partial charge in [-0.1, -0.05) is 24.4 Å². The Morgan fingerprint density at radius 1 is 1.24 bits per heavy atom. The smallest absolute Gasteiger partial charge is 0.269 e. The van der Waals surface area contributed by atoms with E-state index in [-0.39, 0.29) is 11.6 Å². The average Bonchev–Trinajstić information content (AvgIpc) is 3.23. The molecule has 0 atom stereocenters. The van der Waals surface area contributed by atoms with Crippen LogP contribution in [-0.4, -0.2) is 46.3 Å². The van der Waals surface area contributed by atoms with Gasteiger partial charge in [0.2, 0.25) is 5.91 Å². The van der Waals surface area contributed by atoms with Crippen LogP contribution in [0, 0.1) is 10.1 Å². The molecular weight excluding hydrogens is 342 g/mol. The molecule has 2 saturated carbocycles. The van der Waals surface area contributed by atoms with Crippen molar-refractivity contribution in [3.8, 4) is 0 Å². The Balaban J connectivity index is 1.63. The van der Waals surface area contributed by atoms with Crippen molar-refractivity contribution in [2.45, 2.75) is 57.2 Å². The molecule has 0 radical (unpaired) electrons. The van der Waals surface area contributed by atoms with Gasteiger partial charge in [-0.25, -0.2) is 0 Å². The lowest BCUT2D eigenvalue weighted by Crippen LogP contribution is -2.45. The van der Waals surface area contributed by atoms with Crippen molar-refractivity contribution in [1.82, 2.24) is 9.80 Å². The second-order valence-electron chi connectivity index (χ2n) is 7.18. The lowest BCUT2D eigenvalue weighted by molar-refractivity contribution is -0.384. The molecule has 3 rings (SSSR count). The summed E-state index contributed by atoms with van der Waals surface area (Å²) >= 11 is 6.16. The molecule has 0 unspecified atom stereocenters. The summed E-state index contributed by atoms with van der Waals surface area (Å²) in [7, 11) is 1.85. The summed E-state index contributed by atoms with van der Waals surface area (Å²) in [6.07, 6.45) is 6.87. The minimum atomic E-state index is -0.431. The maximum absolute atomic E-state index is 12.8. The molecule has 1 amide bonds. The van der Waals surface area contributed by atoms with Gasteiger partial charge in [-0.05, 0) is 44.4 Å². The van der Waals surface area contributed by atoms with E-state index in [0.717, 1.165) is 25.7 Å². The fraction of sp³-hybridized carbons (Fsp3) is 0.611. The molecule has 2 aliphatic rings. The lowest BCUT2D eigenvalue weighted by atomic mass is 10.1. The fourth-order valence-electron chi connectivity index (χ4n) is 3.70. The summed E-state index contributed by atoms with van der Waals surface area (Å²) in [5.74, 6) is 0.165. The predicted octanol–water partition coefficient (Wildman–Crippen LogP) is 3.61. The van der Waals surface area contributed by atoms with Gasteiger partial charge in [0.05, 0.1) is 11.5 Å². The van der Waals surface area contributed by atoms with Gasteiger partial charge in [0, 0.05) is 35.8 Å². The number of likely N-dealkylation sites (N-methyl/N-ethyl adjacent to an activating group) is 1. The van der Waals surface area contributed by atoms with E-state index < -0.39 is 4.92 Å². The SMILES string of the molecule is CN(CC(=O)N(C1CCCC1)C1CC1)Cc1cc([N+](=O)[O-])ccc1Cl. The molecule has 2 aliphatic carbocycles. The zero-order valence-corrected chi connectivity index (χ0v) is 15.2. The van der Waals surface area contributed by atoms with Crippen molar-refractivity contribution in [3.05, 3.63) is 38.9 Å². The van der Waals surface area contributed by atoms with E-state index in [9.17, 15) is 14.9 Å². The number of amides is 1. The van der Waals surface area contributed by atoms with Crippen LogP contribution in [0.15, 0.2) is 18.2 Å². The third kappa shape index (κ3) is 4.50. The summed E-state index contributed by atoms with van der Waals surface area (Å²) in [4.78, 5) is 27.3. The van der Waals surface area contributed by atoms with Crippen LogP contribution in [0.4, 0.5) is 5.69 Å². The highest BCUT2D eigenvalue weighted by molar-refractivity contribution is 6.31. The highest BCUT2D eigenvalue weighted by Crippen LogP contribution is 2.34. The molecule has 0 aromatic heterocycles. The number of rotatable bonds is 7. The van der Waals surface area contributed by atoms with Crippen molar-refractivity contribution < 1.29 is 9.72 Å². The molecule has 0 saturated heterocycles. The minimum absolute atomic E-state index is 0.0182. The molecule has 1 aromatic rings. The van der Waals surface area contributed by atoms with Gasteiger partial charge in [-0.3, -0.25) is 19.8 Å². The van der Waals surface area contributed by atoms with Crippen LogP contribution in [-0.2, 0) is 11.3 Å². The average molecular weight is 366 g/mol. The first-order chi connectivity index (χ1) is 12.0. The predicted molar refractivity (Wildman–Crippen MR) is 96.6 cm³/mol. The molecule has 0 spiro atoms. The van der Waals surface area contributed by atoms with Crippen LogP contribution in [0.3, 0.4) is 0 Å². The molecule has 6 nitrogen and oxygen atoms in total. The Hall–Kier alpha value is -1.66. The van der Waals surface area contributed by atoms with Gasteiger partial charge >= 0.3 is 0 Å². The number of hydrogen-bond donors (Lipinski definition) is 0. The Bertz CT molecular complexity index is 657. The van der Waals surface area contributed by atoms with Gasteiger partial charge < -0.3 is 4.90 Å². The van der Waals surface area contributed by atoms with Gasteiger partial charge in [-0.15, -0.1) is 0 Å². The highest BCUT2D eigenvalue weighted by Gasteiger charge is 2.38. The highest BCUT2D eigenvalue weighted by atomic mass is 35.5. The molecule has 1 aromatic carbocycles. The molecule has 0 aliphatic heterocycles. The molecule has 0 heterocycles. The summed E-state index contributed by atoms with van der Waals surface area (Å²) in [5.41, 5.74) is 0.690. The summed E-state index contributed by atoms with van der Waals surface area (Å²) < 4.78 is 0. The maximum atomic E-state index is 12.8. The van der Waals surface area contributed by atoms with E-state index in [1.165, 1.54) is 25.0 Å². The van der Waals surface area contributed by atoms with Crippen LogP contribution in [0.25, 0.3) is 0 Å². The van der Waals surface area contributed by atoms with Gasteiger partial charge in [0.15, 0.2) is 0 Å². The molecule has 0 N–H and O–H groups in total. The normalized spacial score (nSPS) is 17.9. The first-order valence-electron chi connectivity index (χ1n) is 8.88. The zero-order chi connectivity index (χ0) is 18.0. The van der Waals surface area contributed by atoms with Gasteiger partial charge in [-0.2, -0.15) is 0 Å². The third-order valence-corrected chi connectivity index (χ3v) is 5.40. The van der Waals surface area contributed by atoms with Crippen molar-refractivity contribution in [3.63, 3.8) is 0 Å². The quantitative estimate of drug-likeness (QED) is 0.546. The van der Waals surface area contributed by atoms with E-state index in [4.69, 9.17) is 11.6 Å². The number of carbonyl (C=O) groups excluding carboxylic acids is 1. The van der Waals surface area contributed by atoms with E-state index in [1.807, 2.05) is 11.9 Å². The molecule has 2 fully saturated rings. The van der Waals surface area contributed by atoms with E-state index in [2.05, 4.69) is 4.90 Å². The van der Waals surface area contributed by atoms with Crippen molar-refractivity contribution in [1.29, 1.82) is 0 Å². The van der Waals surface area contributed by atoms with Crippen LogP contribution < -0.4 is 0 Å². The number of nitro groups is 1. The van der Waals surface area contributed by atoms with Crippen molar-refractivity contribution in [2.75, 3.05) is 13.6 Å². The minimum Gasteiger partial charge on any atom is -0.336 e. The van der Waals surface area contributed by atoms with Crippen molar-refractivity contribution >= 4 is 23.2 Å². The topological polar surface area (TPSA) is 66.7 Å². The number of halogens is 1. The Morgan fingerprint density at radius 2 is 1.88 bits per heavy atom.